The van der Waals surface area contributed by atoms with Gasteiger partial charge in [-0.15, -0.1) is 11.6 Å². The fourth-order valence-electron chi connectivity index (χ4n) is 1.02. The zero-order valence-corrected chi connectivity index (χ0v) is 6.99. The van der Waals surface area contributed by atoms with Gasteiger partial charge < -0.3 is 5.32 Å². The fraction of sp³-hybridized carbons (Fsp3) is 0.857. The first kappa shape index (κ1) is 7.86. The molecule has 1 aliphatic rings. The van der Waals surface area contributed by atoms with Gasteiger partial charge in [0, 0.05) is 18.3 Å². The van der Waals surface area contributed by atoms with E-state index in [-0.39, 0.29) is 0 Å². The van der Waals surface area contributed by atoms with Crippen molar-refractivity contribution in [1.29, 1.82) is 0 Å². The van der Waals surface area contributed by atoms with Gasteiger partial charge in [-0.25, -0.2) is 0 Å². The lowest BCUT2D eigenvalue weighted by atomic mass is 10.2. The molecule has 1 N–H and O–H groups in total. The van der Waals surface area contributed by atoms with Gasteiger partial charge in [0.05, 0.1) is 12.4 Å². The Balaban J connectivity index is 2.25. The zero-order valence-electron chi connectivity index (χ0n) is 6.23. The Kier molecular flexibility index (Phi) is 3.00. The van der Waals surface area contributed by atoms with E-state index in [2.05, 4.69) is 17.2 Å². The van der Waals surface area contributed by atoms with Crippen molar-refractivity contribution in [3.63, 3.8) is 0 Å². The van der Waals surface area contributed by atoms with E-state index in [0.717, 1.165) is 25.2 Å². The number of hydrogen-bond acceptors (Lipinski definition) is 2. The predicted molar refractivity (Wildman–Crippen MR) is 44.9 cm³/mol. The van der Waals surface area contributed by atoms with Crippen LogP contribution in [0.4, 0.5) is 0 Å². The van der Waals surface area contributed by atoms with Gasteiger partial charge in [-0.1, -0.05) is 6.92 Å². The van der Waals surface area contributed by atoms with Crippen LogP contribution in [0.25, 0.3) is 0 Å². The van der Waals surface area contributed by atoms with Crippen LogP contribution < -0.4 is 5.32 Å². The highest BCUT2D eigenvalue weighted by Crippen LogP contribution is 2.02. The Morgan fingerprint density at radius 3 is 3.10 bits per heavy atom. The molecule has 1 heterocycles. The van der Waals surface area contributed by atoms with E-state index in [4.69, 9.17) is 11.6 Å². The molecule has 3 heteroatoms. The third-order valence-corrected chi connectivity index (χ3v) is 1.89. The Morgan fingerprint density at radius 2 is 2.60 bits per heavy atom. The molecule has 0 aromatic heterocycles. The molecule has 0 saturated carbocycles. The summed E-state index contributed by atoms with van der Waals surface area (Å²) in [6.45, 7) is 3.10. The first-order chi connectivity index (χ1) is 4.86. The molecule has 1 rings (SSSR count). The molecule has 0 aliphatic carbocycles. The van der Waals surface area contributed by atoms with Gasteiger partial charge in [0.15, 0.2) is 0 Å². The monoisotopic (exact) mass is 160 g/mol. The summed E-state index contributed by atoms with van der Waals surface area (Å²) < 4.78 is 0. The van der Waals surface area contributed by atoms with E-state index in [9.17, 15) is 0 Å². The van der Waals surface area contributed by atoms with Gasteiger partial charge in [-0.3, -0.25) is 4.99 Å². The number of aliphatic imine (C=N–C) groups is 1. The molecule has 1 aliphatic heterocycles. The zero-order chi connectivity index (χ0) is 7.40. The van der Waals surface area contributed by atoms with Crippen LogP contribution in [0.15, 0.2) is 4.99 Å². The van der Waals surface area contributed by atoms with Crippen molar-refractivity contribution in [3.05, 3.63) is 0 Å². The smallest absolute Gasteiger partial charge is 0.0978 e. The molecule has 10 heavy (non-hydrogen) atoms. The quantitative estimate of drug-likeness (QED) is 0.621. The van der Waals surface area contributed by atoms with Crippen molar-refractivity contribution in [2.45, 2.75) is 25.8 Å². The normalized spacial score (nSPS) is 24.2. The summed E-state index contributed by atoms with van der Waals surface area (Å²) in [5.74, 6) is 1.75. The number of alkyl halides is 1. The third-order valence-electron chi connectivity index (χ3n) is 1.70. The number of nitrogens with one attached hydrogen (secondary N) is 1. The van der Waals surface area contributed by atoms with E-state index in [1.807, 2.05) is 0 Å². The van der Waals surface area contributed by atoms with Crippen molar-refractivity contribution in [2.24, 2.45) is 4.99 Å². The number of halogens is 1. The van der Waals surface area contributed by atoms with Crippen LogP contribution >= 0.6 is 11.6 Å². The average Bonchev–Trinajstić information content (AvgIpc) is 2.37. The van der Waals surface area contributed by atoms with Crippen molar-refractivity contribution < 1.29 is 0 Å². The molecule has 0 aromatic carbocycles. The highest BCUT2D eigenvalue weighted by atomic mass is 35.5. The van der Waals surface area contributed by atoms with E-state index in [0.29, 0.717) is 11.9 Å². The van der Waals surface area contributed by atoms with Gasteiger partial charge in [-0.05, 0) is 6.42 Å². The molecule has 1 unspecified atom stereocenters. The lowest BCUT2D eigenvalue weighted by Gasteiger charge is -2.06. The first-order valence-electron chi connectivity index (χ1n) is 3.72. The summed E-state index contributed by atoms with van der Waals surface area (Å²) in [6, 6.07) is 0.568. The van der Waals surface area contributed by atoms with Crippen LogP contribution in [0.2, 0.25) is 0 Å². The lowest BCUT2D eigenvalue weighted by molar-refractivity contribution is 0.634. The molecule has 1 atom stereocenters. The minimum absolute atomic E-state index is 0.568. The second-order valence-corrected chi connectivity index (χ2v) is 2.85. The maximum absolute atomic E-state index is 5.55. The molecule has 0 radical (unpaired) electrons. The van der Waals surface area contributed by atoms with Gasteiger partial charge in [0.2, 0.25) is 0 Å². The summed E-state index contributed by atoms with van der Waals surface area (Å²) in [5.41, 5.74) is 0. The standard InChI is InChI=1S/C7H13ClN2/c1-2-6-5-9-7(10-6)3-4-8/h6H,2-5H2,1H3,(H,9,10). The number of amidine groups is 1. The maximum Gasteiger partial charge on any atom is 0.0978 e. The molecular formula is C7H13ClN2. The lowest BCUT2D eigenvalue weighted by Crippen LogP contribution is -2.29. The van der Waals surface area contributed by atoms with Crippen LogP contribution in [0.3, 0.4) is 0 Å². The molecule has 0 bridgehead atoms. The number of rotatable bonds is 3. The molecule has 0 fully saturated rings. The highest BCUT2D eigenvalue weighted by Gasteiger charge is 2.13. The van der Waals surface area contributed by atoms with Crippen LogP contribution in [0.1, 0.15) is 19.8 Å². The van der Waals surface area contributed by atoms with Gasteiger partial charge in [-0.2, -0.15) is 0 Å². The molecule has 58 valence electrons. The van der Waals surface area contributed by atoms with E-state index in [1.165, 1.54) is 0 Å². The molecule has 2 nitrogen and oxygen atoms in total. The van der Waals surface area contributed by atoms with Crippen molar-refractivity contribution in [3.8, 4) is 0 Å². The minimum atomic E-state index is 0.568. The Morgan fingerprint density at radius 1 is 1.80 bits per heavy atom. The van der Waals surface area contributed by atoms with Crippen molar-refractivity contribution in [1.82, 2.24) is 5.32 Å². The predicted octanol–water partition coefficient (Wildman–Crippen LogP) is 1.40. The van der Waals surface area contributed by atoms with E-state index < -0.39 is 0 Å². The molecule has 0 saturated heterocycles. The summed E-state index contributed by atoms with van der Waals surface area (Å²) >= 11 is 5.55. The van der Waals surface area contributed by atoms with Crippen LogP contribution in [0.5, 0.6) is 0 Å². The Labute approximate surface area is 66.7 Å². The average molecular weight is 161 g/mol. The second kappa shape index (κ2) is 3.81. The largest absolute Gasteiger partial charge is 0.369 e. The van der Waals surface area contributed by atoms with Crippen LogP contribution in [-0.4, -0.2) is 24.3 Å². The molecule has 0 amide bonds. The van der Waals surface area contributed by atoms with Crippen molar-refractivity contribution >= 4 is 17.4 Å². The van der Waals surface area contributed by atoms with E-state index >= 15 is 0 Å². The maximum atomic E-state index is 5.55. The number of hydrogen-bond donors (Lipinski definition) is 1. The molecule has 0 spiro atoms. The Bertz CT molecular complexity index is 134. The SMILES string of the molecule is CCC1CN=C(CCCl)N1. The summed E-state index contributed by atoms with van der Waals surface area (Å²) in [7, 11) is 0. The third kappa shape index (κ3) is 1.87. The van der Waals surface area contributed by atoms with Crippen LogP contribution in [-0.2, 0) is 0 Å². The van der Waals surface area contributed by atoms with Gasteiger partial charge in [0.25, 0.3) is 0 Å². The number of nitrogens with zero attached hydrogens (tertiary/aromatic N) is 1. The minimum Gasteiger partial charge on any atom is -0.369 e. The summed E-state index contributed by atoms with van der Waals surface area (Å²) in [6.07, 6.45) is 2.04. The van der Waals surface area contributed by atoms with Gasteiger partial charge in [0.1, 0.15) is 0 Å². The van der Waals surface area contributed by atoms with Gasteiger partial charge >= 0.3 is 0 Å². The molecule has 0 aromatic rings. The topological polar surface area (TPSA) is 24.4 Å². The summed E-state index contributed by atoms with van der Waals surface area (Å²) in [5, 5.41) is 3.31. The van der Waals surface area contributed by atoms with Crippen molar-refractivity contribution in [2.75, 3.05) is 12.4 Å². The van der Waals surface area contributed by atoms with Crippen LogP contribution in [0, 0.1) is 0 Å². The Hall–Kier alpha value is -0.240. The summed E-state index contributed by atoms with van der Waals surface area (Å²) in [4.78, 5) is 4.30. The molecular weight excluding hydrogens is 148 g/mol. The first-order valence-corrected chi connectivity index (χ1v) is 4.26. The highest BCUT2D eigenvalue weighted by molar-refractivity contribution is 6.19. The van der Waals surface area contributed by atoms with E-state index in [1.54, 1.807) is 0 Å². The second-order valence-electron chi connectivity index (χ2n) is 2.48. The fourth-order valence-corrected chi connectivity index (χ4v) is 1.20.